The van der Waals surface area contributed by atoms with E-state index in [4.69, 9.17) is 27.9 Å². The van der Waals surface area contributed by atoms with Crippen LogP contribution in [0.4, 0.5) is 0 Å². The number of aromatic nitrogens is 1. The highest BCUT2D eigenvalue weighted by molar-refractivity contribution is 6.41. The lowest BCUT2D eigenvalue weighted by Crippen LogP contribution is -2.34. The fraction of sp³-hybridized carbons (Fsp3) is 0.538. The summed E-state index contributed by atoms with van der Waals surface area (Å²) < 4.78 is 5.31. The van der Waals surface area contributed by atoms with E-state index in [2.05, 4.69) is 4.98 Å². The largest absolute Gasteiger partial charge is 0.381 e. The van der Waals surface area contributed by atoms with Gasteiger partial charge in [0.15, 0.2) is 0 Å². The van der Waals surface area contributed by atoms with Gasteiger partial charge >= 0.3 is 0 Å². The monoisotopic (exact) mass is 302 g/mol. The van der Waals surface area contributed by atoms with Crippen molar-refractivity contribution in [1.82, 2.24) is 9.88 Å². The van der Waals surface area contributed by atoms with Gasteiger partial charge in [0.25, 0.3) is 5.91 Å². The molecule has 0 aromatic carbocycles. The summed E-state index contributed by atoms with van der Waals surface area (Å²) in [5, 5.41) is 0.511. The summed E-state index contributed by atoms with van der Waals surface area (Å²) in [5.41, 5.74) is 0.462. The molecule has 0 aliphatic carbocycles. The highest BCUT2D eigenvalue weighted by Crippen LogP contribution is 2.21. The maximum Gasteiger partial charge on any atom is 0.255 e. The Labute approximate surface area is 122 Å². The summed E-state index contributed by atoms with van der Waals surface area (Å²) in [5.74, 6) is 0.413. The van der Waals surface area contributed by atoms with Crippen molar-refractivity contribution in [3.05, 3.63) is 28.0 Å². The Kier molecular flexibility index (Phi) is 5.02. The molecule has 19 heavy (non-hydrogen) atoms. The molecule has 4 nitrogen and oxygen atoms in total. The third-order valence-electron chi connectivity index (χ3n) is 3.26. The van der Waals surface area contributed by atoms with Crippen LogP contribution < -0.4 is 0 Å². The Morgan fingerprint density at radius 1 is 1.47 bits per heavy atom. The first kappa shape index (κ1) is 14.6. The molecule has 6 heteroatoms. The summed E-state index contributed by atoms with van der Waals surface area (Å²) in [7, 11) is 1.79. The summed E-state index contributed by atoms with van der Waals surface area (Å²) in [4.78, 5) is 17.8. The van der Waals surface area contributed by atoms with Crippen LogP contribution in [0.15, 0.2) is 12.3 Å². The van der Waals surface area contributed by atoms with Gasteiger partial charge in [-0.15, -0.1) is 0 Å². The maximum atomic E-state index is 12.2. The van der Waals surface area contributed by atoms with Crippen molar-refractivity contribution in [3.8, 4) is 0 Å². The lowest BCUT2D eigenvalue weighted by molar-refractivity contribution is 0.0497. The van der Waals surface area contributed by atoms with E-state index in [1.165, 1.54) is 6.20 Å². The van der Waals surface area contributed by atoms with Gasteiger partial charge in [0.2, 0.25) is 0 Å². The smallest absolute Gasteiger partial charge is 0.255 e. The second kappa shape index (κ2) is 6.55. The van der Waals surface area contributed by atoms with Crippen molar-refractivity contribution in [2.45, 2.75) is 12.8 Å². The number of nitrogens with zero attached hydrogens (tertiary/aromatic N) is 2. The van der Waals surface area contributed by atoms with Gasteiger partial charge in [0, 0.05) is 33.0 Å². The van der Waals surface area contributed by atoms with E-state index >= 15 is 0 Å². The second-order valence-electron chi connectivity index (χ2n) is 4.74. The lowest BCUT2D eigenvalue weighted by Gasteiger charge is -2.27. The molecule has 0 atom stereocenters. The van der Waals surface area contributed by atoms with Crippen LogP contribution in [0.25, 0.3) is 0 Å². The molecule has 0 saturated carbocycles. The van der Waals surface area contributed by atoms with E-state index in [0.29, 0.717) is 16.5 Å². The minimum Gasteiger partial charge on any atom is -0.381 e. The average Bonchev–Trinajstić information content (AvgIpc) is 2.42. The summed E-state index contributed by atoms with van der Waals surface area (Å²) >= 11 is 11.6. The standard InChI is InChI=1S/C13H16Cl2N2O2/c1-17(8-9-2-4-19-5-3-9)13(18)10-6-11(14)12(15)16-7-10/h6-7,9H,2-5,8H2,1H3. The molecule has 2 heterocycles. The molecular weight excluding hydrogens is 287 g/mol. The van der Waals surface area contributed by atoms with Crippen LogP contribution in [0.2, 0.25) is 10.2 Å². The van der Waals surface area contributed by atoms with E-state index < -0.39 is 0 Å². The molecule has 2 rings (SSSR count). The van der Waals surface area contributed by atoms with Gasteiger partial charge in [-0.25, -0.2) is 4.98 Å². The molecule has 1 aliphatic heterocycles. The number of carbonyl (C=O) groups excluding carboxylic acids is 1. The topological polar surface area (TPSA) is 42.4 Å². The van der Waals surface area contributed by atoms with Crippen molar-refractivity contribution in [1.29, 1.82) is 0 Å². The number of pyridine rings is 1. The van der Waals surface area contributed by atoms with Gasteiger partial charge in [0.05, 0.1) is 10.6 Å². The summed E-state index contributed by atoms with van der Waals surface area (Å²) in [6, 6.07) is 1.56. The number of hydrogen-bond donors (Lipinski definition) is 0. The normalized spacial score (nSPS) is 16.4. The van der Waals surface area contributed by atoms with Gasteiger partial charge in [-0.1, -0.05) is 23.2 Å². The molecular formula is C13H16Cl2N2O2. The highest BCUT2D eigenvalue weighted by Gasteiger charge is 2.20. The van der Waals surface area contributed by atoms with Gasteiger partial charge in [-0.2, -0.15) is 0 Å². The SMILES string of the molecule is CN(CC1CCOCC1)C(=O)c1cnc(Cl)c(Cl)c1. The third kappa shape index (κ3) is 3.81. The number of rotatable bonds is 3. The lowest BCUT2D eigenvalue weighted by atomic mass is 10.00. The van der Waals surface area contributed by atoms with E-state index in [-0.39, 0.29) is 11.1 Å². The Bertz CT molecular complexity index is 462. The van der Waals surface area contributed by atoms with Crippen LogP contribution in [-0.4, -0.2) is 42.6 Å². The molecule has 0 N–H and O–H groups in total. The maximum absolute atomic E-state index is 12.2. The van der Waals surface area contributed by atoms with Crippen molar-refractivity contribution in [2.75, 3.05) is 26.8 Å². The van der Waals surface area contributed by atoms with Crippen molar-refractivity contribution in [3.63, 3.8) is 0 Å². The Morgan fingerprint density at radius 3 is 2.79 bits per heavy atom. The minimum atomic E-state index is -0.0856. The number of ether oxygens (including phenoxy) is 1. The number of carbonyl (C=O) groups is 1. The molecule has 1 aliphatic rings. The van der Waals surface area contributed by atoms with Crippen molar-refractivity contribution < 1.29 is 9.53 Å². The fourth-order valence-corrected chi connectivity index (χ4v) is 2.43. The third-order valence-corrected chi connectivity index (χ3v) is 3.95. The van der Waals surface area contributed by atoms with Crippen LogP contribution >= 0.6 is 23.2 Å². The molecule has 0 unspecified atom stereocenters. The Balaban J connectivity index is 1.99. The fourth-order valence-electron chi connectivity index (χ4n) is 2.16. The minimum absolute atomic E-state index is 0.0856. The zero-order valence-electron chi connectivity index (χ0n) is 10.7. The van der Waals surface area contributed by atoms with E-state index in [0.717, 1.165) is 32.6 Å². The molecule has 1 fully saturated rings. The van der Waals surface area contributed by atoms with Gasteiger partial charge in [-0.3, -0.25) is 4.79 Å². The zero-order valence-corrected chi connectivity index (χ0v) is 12.2. The quantitative estimate of drug-likeness (QED) is 0.806. The molecule has 1 saturated heterocycles. The van der Waals surface area contributed by atoms with Crippen LogP contribution in [-0.2, 0) is 4.74 Å². The molecule has 104 valence electrons. The van der Waals surface area contributed by atoms with E-state index in [9.17, 15) is 4.79 Å². The van der Waals surface area contributed by atoms with Gasteiger partial charge < -0.3 is 9.64 Å². The Hall–Kier alpha value is -0.840. The summed E-state index contributed by atoms with van der Waals surface area (Å²) in [6.45, 7) is 2.28. The number of amides is 1. The molecule has 0 bridgehead atoms. The van der Waals surface area contributed by atoms with Crippen molar-refractivity contribution in [2.24, 2.45) is 5.92 Å². The zero-order chi connectivity index (χ0) is 13.8. The molecule has 0 radical (unpaired) electrons. The first-order valence-corrected chi connectivity index (χ1v) is 6.97. The summed E-state index contributed by atoms with van der Waals surface area (Å²) in [6.07, 6.45) is 3.45. The van der Waals surface area contributed by atoms with Gasteiger partial charge in [0.1, 0.15) is 5.15 Å². The van der Waals surface area contributed by atoms with Crippen LogP contribution in [0, 0.1) is 5.92 Å². The first-order chi connectivity index (χ1) is 9.08. The number of halogens is 2. The van der Waals surface area contributed by atoms with Crippen molar-refractivity contribution >= 4 is 29.1 Å². The highest BCUT2D eigenvalue weighted by atomic mass is 35.5. The van der Waals surface area contributed by atoms with E-state index in [1.807, 2.05) is 0 Å². The predicted molar refractivity (Wildman–Crippen MR) is 74.8 cm³/mol. The second-order valence-corrected chi connectivity index (χ2v) is 5.50. The number of hydrogen-bond acceptors (Lipinski definition) is 3. The predicted octanol–water partition coefficient (Wildman–Crippen LogP) is 2.89. The molecule has 1 amide bonds. The average molecular weight is 303 g/mol. The molecule has 1 aromatic heterocycles. The molecule has 0 spiro atoms. The van der Waals surface area contributed by atoms with E-state index in [1.54, 1.807) is 18.0 Å². The first-order valence-electron chi connectivity index (χ1n) is 6.22. The Morgan fingerprint density at radius 2 is 2.16 bits per heavy atom. The van der Waals surface area contributed by atoms with Crippen LogP contribution in [0.3, 0.4) is 0 Å². The molecule has 1 aromatic rings. The van der Waals surface area contributed by atoms with Crippen LogP contribution in [0.1, 0.15) is 23.2 Å². The van der Waals surface area contributed by atoms with Crippen LogP contribution in [0.5, 0.6) is 0 Å². The van der Waals surface area contributed by atoms with Gasteiger partial charge in [-0.05, 0) is 24.8 Å².